The first kappa shape index (κ1) is 16.8. The van der Waals surface area contributed by atoms with Crippen LogP contribution in [0.4, 0.5) is 0 Å². The molecule has 5 rings (SSSR count). The van der Waals surface area contributed by atoms with E-state index >= 15 is 0 Å². The molecule has 0 spiro atoms. The van der Waals surface area contributed by atoms with E-state index in [1.807, 2.05) is 44.2 Å². The van der Waals surface area contributed by atoms with Crippen molar-refractivity contribution >= 4 is 33.6 Å². The minimum absolute atomic E-state index is 0.306. The van der Waals surface area contributed by atoms with Gasteiger partial charge in [0.1, 0.15) is 5.75 Å². The molecule has 1 aliphatic carbocycles. The molecule has 4 aromatic rings. The number of carbonyl (C=O) groups excluding carboxylic acids is 1. The minimum atomic E-state index is -0.306. The molecule has 28 heavy (non-hydrogen) atoms. The Kier molecular flexibility index (Phi) is 3.80. The summed E-state index contributed by atoms with van der Waals surface area (Å²) in [4.78, 5) is 12.7. The van der Waals surface area contributed by atoms with Crippen molar-refractivity contribution in [3.05, 3.63) is 94.6 Å². The highest BCUT2D eigenvalue weighted by molar-refractivity contribution is 6.10. The Balaban J connectivity index is 1.55. The fourth-order valence-electron chi connectivity index (χ4n) is 4.25. The molecule has 0 radical (unpaired) electrons. The highest BCUT2D eigenvalue weighted by atomic mass is 16.5. The smallest absolute Gasteiger partial charge is 0.344 e. The lowest BCUT2D eigenvalue weighted by atomic mass is 9.96. The minimum Gasteiger partial charge on any atom is -0.423 e. The summed E-state index contributed by atoms with van der Waals surface area (Å²) in [7, 11) is 0. The largest absolute Gasteiger partial charge is 0.423 e. The lowest BCUT2D eigenvalue weighted by Gasteiger charge is -2.12. The number of carbonyl (C=O) groups is 1. The van der Waals surface area contributed by atoms with Gasteiger partial charge in [0.2, 0.25) is 0 Å². The first-order chi connectivity index (χ1) is 13.6. The predicted octanol–water partition coefficient (Wildman–Crippen LogP) is 6.40. The number of rotatable bonds is 2. The van der Waals surface area contributed by atoms with E-state index in [9.17, 15) is 4.79 Å². The predicted molar refractivity (Wildman–Crippen MR) is 115 cm³/mol. The van der Waals surface area contributed by atoms with Gasteiger partial charge in [-0.3, -0.25) is 0 Å². The van der Waals surface area contributed by atoms with Gasteiger partial charge in [0.15, 0.2) is 0 Å². The van der Waals surface area contributed by atoms with Crippen LogP contribution in [0.1, 0.15) is 32.6 Å². The third kappa shape index (κ3) is 2.61. The standard InChI is InChI=1S/C26H20O2/c1-16-5-3-6-17(2)25(16)26(27)28-20-11-14-22-19(15-20)10-13-23-21-8-4-7-18(21)9-12-24(22)23/h3-7,9-15H,8H2,1-2H3. The molecule has 4 aromatic carbocycles. The normalized spacial score (nSPS) is 12.5. The molecular weight excluding hydrogens is 344 g/mol. The van der Waals surface area contributed by atoms with Crippen molar-refractivity contribution in [2.24, 2.45) is 0 Å². The van der Waals surface area contributed by atoms with Crippen LogP contribution in [0.25, 0.3) is 27.6 Å². The van der Waals surface area contributed by atoms with Crippen molar-refractivity contribution in [1.29, 1.82) is 0 Å². The summed E-state index contributed by atoms with van der Waals surface area (Å²) in [5.41, 5.74) is 5.21. The number of allylic oxidation sites excluding steroid dienone is 1. The van der Waals surface area contributed by atoms with Gasteiger partial charge in [0.25, 0.3) is 0 Å². The maximum Gasteiger partial charge on any atom is 0.344 e. The molecule has 0 N–H and O–H groups in total. The second-order valence-corrected chi connectivity index (χ2v) is 7.44. The van der Waals surface area contributed by atoms with Crippen molar-refractivity contribution in [2.45, 2.75) is 20.3 Å². The zero-order valence-corrected chi connectivity index (χ0v) is 16.0. The Bertz CT molecular complexity index is 1270. The number of hydrogen-bond donors (Lipinski definition) is 0. The Morgan fingerprint density at radius 2 is 1.61 bits per heavy atom. The Morgan fingerprint density at radius 3 is 2.43 bits per heavy atom. The molecule has 0 fully saturated rings. The zero-order valence-electron chi connectivity index (χ0n) is 16.0. The van der Waals surface area contributed by atoms with E-state index in [0.717, 1.165) is 22.9 Å². The van der Waals surface area contributed by atoms with Gasteiger partial charge in [0, 0.05) is 0 Å². The summed E-state index contributed by atoms with van der Waals surface area (Å²) in [6.45, 7) is 3.87. The fourth-order valence-corrected chi connectivity index (χ4v) is 4.25. The monoisotopic (exact) mass is 364 g/mol. The number of benzene rings is 4. The molecule has 1 aliphatic rings. The average molecular weight is 364 g/mol. The van der Waals surface area contributed by atoms with Crippen LogP contribution in [-0.4, -0.2) is 5.97 Å². The van der Waals surface area contributed by atoms with Crippen LogP contribution in [0.5, 0.6) is 5.75 Å². The van der Waals surface area contributed by atoms with Gasteiger partial charge >= 0.3 is 5.97 Å². The molecule has 0 unspecified atom stereocenters. The summed E-state index contributed by atoms with van der Waals surface area (Å²) in [6, 6.07) is 20.4. The van der Waals surface area contributed by atoms with Crippen LogP contribution < -0.4 is 4.74 Å². The molecule has 2 nitrogen and oxygen atoms in total. The second kappa shape index (κ2) is 6.35. The van der Waals surface area contributed by atoms with E-state index in [4.69, 9.17) is 4.74 Å². The van der Waals surface area contributed by atoms with Crippen LogP contribution in [0.3, 0.4) is 0 Å². The molecule has 0 aliphatic heterocycles. The zero-order chi connectivity index (χ0) is 19.3. The Hall–Kier alpha value is -3.39. The number of fused-ring (bicyclic) bond motifs is 5. The average Bonchev–Trinajstić information content (AvgIpc) is 3.16. The first-order valence-electron chi connectivity index (χ1n) is 9.55. The van der Waals surface area contributed by atoms with Gasteiger partial charge in [-0.2, -0.15) is 0 Å². The van der Waals surface area contributed by atoms with Crippen LogP contribution in [0.15, 0.2) is 66.7 Å². The Morgan fingerprint density at radius 1 is 0.857 bits per heavy atom. The van der Waals surface area contributed by atoms with E-state index in [-0.39, 0.29) is 5.97 Å². The van der Waals surface area contributed by atoms with Crippen molar-refractivity contribution < 1.29 is 9.53 Å². The maximum atomic E-state index is 12.7. The van der Waals surface area contributed by atoms with Crippen molar-refractivity contribution in [3.8, 4) is 5.75 Å². The topological polar surface area (TPSA) is 26.3 Å². The van der Waals surface area contributed by atoms with Crippen LogP contribution >= 0.6 is 0 Å². The van der Waals surface area contributed by atoms with Crippen molar-refractivity contribution in [2.75, 3.05) is 0 Å². The molecule has 2 heteroatoms. The fraction of sp³-hybridized carbons (Fsp3) is 0.115. The van der Waals surface area contributed by atoms with Gasteiger partial charge in [-0.25, -0.2) is 4.79 Å². The number of ether oxygens (including phenoxy) is 1. The van der Waals surface area contributed by atoms with Gasteiger partial charge in [-0.05, 0) is 76.2 Å². The summed E-state index contributed by atoms with van der Waals surface area (Å²) in [5.74, 6) is 0.266. The molecule has 0 atom stereocenters. The van der Waals surface area contributed by atoms with Crippen molar-refractivity contribution in [1.82, 2.24) is 0 Å². The molecule has 0 saturated carbocycles. The molecular formula is C26H20O2. The van der Waals surface area contributed by atoms with E-state index in [2.05, 4.69) is 42.5 Å². The first-order valence-corrected chi connectivity index (χ1v) is 9.55. The Labute approximate surface area is 164 Å². The van der Waals surface area contributed by atoms with E-state index in [1.165, 1.54) is 27.3 Å². The molecule has 0 amide bonds. The quantitative estimate of drug-likeness (QED) is 0.234. The van der Waals surface area contributed by atoms with Gasteiger partial charge in [0.05, 0.1) is 5.56 Å². The second-order valence-electron chi connectivity index (χ2n) is 7.44. The van der Waals surface area contributed by atoms with E-state index in [1.54, 1.807) is 0 Å². The van der Waals surface area contributed by atoms with Crippen LogP contribution in [-0.2, 0) is 6.42 Å². The molecule has 0 saturated heterocycles. The number of esters is 1. The summed E-state index contributed by atoms with van der Waals surface area (Å²) < 4.78 is 5.71. The third-order valence-corrected chi connectivity index (χ3v) is 5.65. The SMILES string of the molecule is Cc1cccc(C)c1C(=O)Oc1ccc2c(ccc3c4c(ccc32)C=CC4)c1. The summed E-state index contributed by atoms with van der Waals surface area (Å²) >= 11 is 0. The highest BCUT2D eigenvalue weighted by Crippen LogP contribution is 2.34. The summed E-state index contributed by atoms with van der Waals surface area (Å²) in [5, 5.41) is 4.80. The third-order valence-electron chi connectivity index (χ3n) is 5.65. The molecule has 0 aromatic heterocycles. The van der Waals surface area contributed by atoms with Gasteiger partial charge in [-0.15, -0.1) is 0 Å². The number of aryl methyl sites for hydroxylation is 2. The number of hydrogen-bond acceptors (Lipinski definition) is 2. The summed E-state index contributed by atoms with van der Waals surface area (Å²) in [6.07, 6.45) is 5.39. The lowest BCUT2D eigenvalue weighted by Crippen LogP contribution is -2.12. The van der Waals surface area contributed by atoms with E-state index in [0.29, 0.717) is 11.3 Å². The van der Waals surface area contributed by atoms with Crippen molar-refractivity contribution in [3.63, 3.8) is 0 Å². The molecule has 0 bridgehead atoms. The highest BCUT2D eigenvalue weighted by Gasteiger charge is 2.15. The van der Waals surface area contributed by atoms with Gasteiger partial charge in [-0.1, -0.05) is 60.7 Å². The maximum absolute atomic E-state index is 12.7. The van der Waals surface area contributed by atoms with Crippen LogP contribution in [0.2, 0.25) is 0 Å². The lowest BCUT2D eigenvalue weighted by molar-refractivity contribution is 0.0733. The van der Waals surface area contributed by atoms with Gasteiger partial charge < -0.3 is 4.74 Å². The van der Waals surface area contributed by atoms with E-state index < -0.39 is 0 Å². The van der Waals surface area contributed by atoms with Crippen LogP contribution in [0, 0.1) is 13.8 Å². The molecule has 136 valence electrons. The molecule has 0 heterocycles.